The fraction of sp³-hybridized carbons (Fsp3) is 0.0435. The Kier molecular flexibility index (Phi) is 8.10. The van der Waals surface area contributed by atoms with Crippen LogP contribution in [0.4, 0.5) is 46.3 Å². The zero-order valence-electron chi connectivity index (χ0n) is 33.6. The number of aromatic nitrogens is 10. The predicted octanol–water partition coefficient (Wildman–Crippen LogP) is 6.87. The first-order valence-electron chi connectivity index (χ1n) is 20.2. The summed E-state index contributed by atoms with van der Waals surface area (Å²) < 4.78 is 4.45. The van der Waals surface area contributed by atoms with Crippen LogP contribution in [-0.4, -0.2) is 63.0 Å². The Morgan fingerprint density at radius 3 is 1.05 bits per heavy atom. The minimum absolute atomic E-state index is 0.333. The van der Waals surface area contributed by atoms with E-state index < -0.39 is 0 Å². The quantitative estimate of drug-likeness (QED) is 0.156. The van der Waals surface area contributed by atoms with E-state index >= 15 is 0 Å². The Hall–Kier alpha value is -8.39. The number of benzene rings is 4. The molecule has 0 atom stereocenters. The summed E-state index contributed by atoms with van der Waals surface area (Å²) >= 11 is 0. The van der Waals surface area contributed by atoms with Crippen LogP contribution in [-0.2, 0) is 14.1 Å². The zero-order chi connectivity index (χ0) is 41.3. The van der Waals surface area contributed by atoms with Crippen molar-refractivity contribution in [2.45, 2.75) is 0 Å². The van der Waals surface area contributed by atoms with E-state index in [1.807, 2.05) is 24.8 Å². The van der Waals surface area contributed by atoms with E-state index in [1.54, 1.807) is 49.6 Å². The van der Waals surface area contributed by atoms with Crippen molar-refractivity contribution in [1.29, 1.82) is 0 Å². The second-order valence-corrected chi connectivity index (χ2v) is 15.2. The second kappa shape index (κ2) is 14.1. The van der Waals surface area contributed by atoms with Gasteiger partial charge in [0.15, 0.2) is 0 Å². The van der Waals surface area contributed by atoms with Crippen LogP contribution in [0.15, 0.2) is 171 Å². The second-order valence-electron chi connectivity index (χ2n) is 15.2. The molecular weight excluding hydrogens is 770 g/mol. The van der Waals surface area contributed by atoms with Crippen molar-refractivity contribution in [2.75, 3.05) is 19.2 Å². The first-order chi connectivity index (χ1) is 30.7. The zero-order valence-corrected chi connectivity index (χ0v) is 33.6. The molecule has 16 heteroatoms. The van der Waals surface area contributed by atoms with Gasteiger partial charge in [0.1, 0.15) is 34.9 Å². The van der Waals surface area contributed by atoms with Gasteiger partial charge in [-0.15, -0.1) is 0 Å². The molecule has 0 aliphatic carbocycles. The highest BCUT2D eigenvalue weighted by atomic mass is 15.4. The van der Waals surface area contributed by atoms with Gasteiger partial charge in [0.2, 0.25) is 0 Å². The molecule has 0 N–H and O–H groups in total. The van der Waals surface area contributed by atoms with Crippen molar-refractivity contribution in [3.63, 3.8) is 0 Å². The van der Waals surface area contributed by atoms with Gasteiger partial charge in [0.05, 0.1) is 47.2 Å². The number of para-hydroxylation sites is 2. The van der Waals surface area contributed by atoms with Crippen molar-refractivity contribution in [3.8, 4) is 11.1 Å². The molecule has 0 amide bonds. The van der Waals surface area contributed by atoms with Crippen molar-refractivity contribution in [3.05, 3.63) is 171 Å². The Bertz CT molecular complexity index is 3020. The first kappa shape index (κ1) is 35.5. The van der Waals surface area contributed by atoms with E-state index in [1.165, 1.54) is 0 Å². The summed E-state index contributed by atoms with van der Waals surface area (Å²) in [6.45, 7) is -0.667. The first-order valence-corrected chi connectivity index (χ1v) is 20.2. The maximum Gasteiger partial charge on any atom is 0.424 e. The normalized spacial score (nSPS) is 13.5. The Balaban J connectivity index is 0.951. The highest BCUT2D eigenvalue weighted by Crippen LogP contribution is 2.52. The molecule has 0 fully saturated rings. The standard InChI is InChI=1S/C46H34B2N14/c1-57-37-9-5-3-7-35(37)43-45(57)61(41-29-51-21-25-55-41)47(59(43)39-27-49-19-23-53-39)33-15-11-31(12-16-33)32-13-17-34(18-14-32)48-60(40-28-50-20-24-54-40)44-36-8-4-6-10-38(36)58(2)46(44)62(48)42-30-52-22-26-56-42/h3-30H,1-2H3. The molecule has 12 rings (SSSR count). The molecular formula is C46H34B2N14. The smallest absolute Gasteiger partial charge is 0.341 e. The van der Waals surface area contributed by atoms with Gasteiger partial charge in [0.25, 0.3) is 0 Å². The molecule has 0 radical (unpaired) electrons. The van der Waals surface area contributed by atoms with E-state index in [9.17, 15) is 0 Å². The summed E-state index contributed by atoms with van der Waals surface area (Å²) in [7, 11) is 4.19. The van der Waals surface area contributed by atoms with E-state index in [4.69, 9.17) is 19.9 Å². The van der Waals surface area contributed by atoms with Crippen LogP contribution in [0.5, 0.6) is 0 Å². The molecule has 10 aromatic rings. The number of hydrogen-bond acceptors (Lipinski definition) is 12. The molecule has 2 aliphatic heterocycles. The molecule has 6 aromatic heterocycles. The van der Waals surface area contributed by atoms with Crippen LogP contribution in [0.2, 0.25) is 0 Å². The maximum atomic E-state index is 4.83. The topological polar surface area (TPSA) is 126 Å². The van der Waals surface area contributed by atoms with Gasteiger partial charge in [-0.3, -0.25) is 19.9 Å². The van der Waals surface area contributed by atoms with Crippen LogP contribution < -0.4 is 30.2 Å². The van der Waals surface area contributed by atoms with Gasteiger partial charge in [-0.05, 0) is 34.2 Å². The van der Waals surface area contributed by atoms with Gasteiger partial charge in [-0.1, -0.05) is 84.9 Å². The lowest BCUT2D eigenvalue weighted by Crippen LogP contribution is -2.54. The van der Waals surface area contributed by atoms with Crippen LogP contribution in [0.25, 0.3) is 32.9 Å². The Morgan fingerprint density at radius 1 is 0.371 bits per heavy atom. The number of rotatable bonds is 7. The lowest BCUT2D eigenvalue weighted by molar-refractivity contribution is 0.957. The highest BCUT2D eigenvalue weighted by molar-refractivity contribution is 6.85. The Labute approximate surface area is 356 Å². The fourth-order valence-electron chi connectivity index (χ4n) is 9.35. The monoisotopic (exact) mass is 804 g/mol. The molecule has 0 unspecified atom stereocenters. The van der Waals surface area contributed by atoms with Crippen LogP contribution in [0.3, 0.4) is 0 Å². The van der Waals surface area contributed by atoms with E-state index in [0.717, 1.165) is 90.1 Å². The molecule has 62 heavy (non-hydrogen) atoms. The lowest BCUT2D eigenvalue weighted by atomic mass is 9.64. The lowest BCUT2D eigenvalue weighted by Gasteiger charge is -2.29. The van der Waals surface area contributed by atoms with E-state index in [0.29, 0.717) is 0 Å². The van der Waals surface area contributed by atoms with Crippen LogP contribution in [0, 0.1) is 0 Å². The third-order valence-electron chi connectivity index (χ3n) is 12.0. The summed E-state index contributed by atoms with van der Waals surface area (Å²) in [5.41, 5.74) is 8.54. The number of hydrogen-bond donors (Lipinski definition) is 0. The SMILES string of the molecule is Cn1c2c(c3ccccc31)N(c1cnccn1)B(c1ccc(-c3ccc(B4N(c5cnccn5)c5c(n(C)c6ccccc56)N4c4cnccn4)cc3)cc1)N2c1cnccn1. The molecule has 0 spiro atoms. The van der Waals surface area contributed by atoms with Crippen molar-refractivity contribution in [1.82, 2.24) is 49.0 Å². The summed E-state index contributed by atoms with van der Waals surface area (Å²) in [4.78, 5) is 46.3. The summed E-state index contributed by atoms with van der Waals surface area (Å²) in [5.74, 6) is 4.90. The van der Waals surface area contributed by atoms with Gasteiger partial charge >= 0.3 is 14.0 Å². The van der Waals surface area contributed by atoms with Crippen molar-refractivity contribution in [2.24, 2.45) is 14.1 Å². The average molecular weight is 804 g/mol. The molecule has 0 saturated heterocycles. The minimum atomic E-state index is -0.333. The molecule has 8 heterocycles. The molecule has 0 saturated carbocycles. The molecule has 2 aliphatic rings. The average Bonchev–Trinajstić information content (AvgIpc) is 4.06. The van der Waals surface area contributed by atoms with Gasteiger partial charge in [-0.2, -0.15) is 0 Å². The number of fused-ring (bicyclic) bond motifs is 6. The number of nitrogens with zero attached hydrogens (tertiary/aromatic N) is 14. The highest BCUT2D eigenvalue weighted by Gasteiger charge is 2.49. The Morgan fingerprint density at radius 2 is 0.710 bits per heavy atom. The summed E-state index contributed by atoms with van der Waals surface area (Å²) in [5, 5.41) is 2.22. The molecule has 0 bridgehead atoms. The number of anilines is 8. The van der Waals surface area contributed by atoms with Crippen molar-refractivity contribution < 1.29 is 0 Å². The minimum Gasteiger partial charge on any atom is -0.341 e. The number of aryl methyl sites for hydroxylation is 2. The predicted molar refractivity (Wildman–Crippen MR) is 245 cm³/mol. The molecule has 294 valence electrons. The molecule has 14 nitrogen and oxygen atoms in total. The van der Waals surface area contributed by atoms with Gasteiger partial charge in [0, 0.05) is 74.4 Å². The van der Waals surface area contributed by atoms with E-state index in [2.05, 4.69) is 159 Å². The third kappa shape index (κ3) is 5.32. The van der Waals surface area contributed by atoms with Gasteiger partial charge in [-0.25, -0.2) is 19.9 Å². The maximum absolute atomic E-state index is 4.83. The fourth-order valence-corrected chi connectivity index (χ4v) is 9.35. The van der Waals surface area contributed by atoms with Crippen LogP contribution >= 0.6 is 0 Å². The van der Waals surface area contributed by atoms with Gasteiger partial charge < -0.3 is 28.4 Å². The third-order valence-corrected chi connectivity index (χ3v) is 12.0. The van der Waals surface area contributed by atoms with Crippen LogP contribution in [0.1, 0.15) is 0 Å². The van der Waals surface area contributed by atoms with Crippen molar-refractivity contribution >= 4 is 93.0 Å². The molecule has 4 aromatic carbocycles. The summed E-state index contributed by atoms with van der Waals surface area (Å²) in [6, 6.07) is 34.4. The van der Waals surface area contributed by atoms with E-state index in [-0.39, 0.29) is 14.0 Å². The largest absolute Gasteiger partial charge is 0.424 e. The summed E-state index contributed by atoms with van der Waals surface area (Å²) in [6.07, 6.45) is 21.0.